The molecular formula is C19H17FN2O4S. The van der Waals surface area contributed by atoms with Crippen LogP contribution >= 0.6 is 11.8 Å². The lowest BCUT2D eigenvalue weighted by Crippen LogP contribution is -2.14. The summed E-state index contributed by atoms with van der Waals surface area (Å²) in [5, 5.41) is 3.13. The Balaban J connectivity index is 1.57. The number of aromatic nitrogens is 1. The van der Waals surface area contributed by atoms with Gasteiger partial charge in [0, 0.05) is 17.3 Å². The number of hydrogen-bond acceptors (Lipinski definition) is 6. The number of rotatable bonds is 7. The minimum absolute atomic E-state index is 0.123. The number of hydrogen-bond donors (Lipinski definition) is 1. The number of carbonyl (C=O) groups is 1. The van der Waals surface area contributed by atoms with Crippen LogP contribution in [0, 0.1) is 5.82 Å². The fraction of sp³-hybridized carbons (Fsp3) is 0.158. The van der Waals surface area contributed by atoms with Gasteiger partial charge in [-0.1, -0.05) is 11.8 Å². The maximum Gasteiger partial charge on any atom is 0.256 e. The molecule has 1 heterocycles. The number of ether oxygens (including phenoxy) is 2. The predicted molar refractivity (Wildman–Crippen MR) is 101 cm³/mol. The minimum atomic E-state index is -0.320. The number of anilines is 1. The molecule has 1 aromatic heterocycles. The Kier molecular flexibility index (Phi) is 5.97. The van der Waals surface area contributed by atoms with E-state index in [4.69, 9.17) is 13.9 Å². The number of nitrogens with one attached hydrogen (secondary N) is 1. The highest BCUT2D eigenvalue weighted by Gasteiger charge is 2.11. The van der Waals surface area contributed by atoms with Crippen LogP contribution < -0.4 is 14.8 Å². The van der Waals surface area contributed by atoms with Crippen LogP contribution in [0.3, 0.4) is 0 Å². The van der Waals surface area contributed by atoms with E-state index in [1.165, 1.54) is 19.2 Å². The molecule has 0 radical (unpaired) electrons. The van der Waals surface area contributed by atoms with E-state index in [9.17, 15) is 9.18 Å². The number of carbonyl (C=O) groups excluding carboxylic acids is 1. The molecular weight excluding hydrogens is 371 g/mol. The molecule has 27 heavy (non-hydrogen) atoms. The zero-order valence-electron chi connectivity index (χ0n) is 14.7. The van der Waals surface area contributed by atoms with Crippen molar-refractivity contribution in [3.63, 3.8) is 0 Å². The van der Waals surface area contributed by atoms with Crippen LogP contribution in [-0.4, -0.2) is 30.9 Å². The van der Waals surface area contributed by atoms with E-state index in [1.54, 1.807) is 43.6 Å². The first kappa shape index (κ1) is 18.8. The first-order chi connectivity index (χ1) is 13.1. The van der Waals surface area contributed by atoms with Crippen molar-refractivity contribution < 1.29 is 23.1 Å². The van der Waals surface area contributed by atoms with E-state index in [1.807, 2.05) is 0 Å². The van der Waals surface area contributed by atoms with Crippen molar-refractivity contribution in [2.75, 3.05) is 25.3 Å². The van der Waals surface area contributed by atoms with Crippen molar-refractivity contribution >= 4 is 23.4 Å². The second-order valence-corrected chi connectivity index (χ2v) is 6.33. The molecule has 0 spiro atoms. The molecule has 0 unspecified atom stereocenters. The Morgan fingerprint density at radius 1 is 1.15 bits per heavy atom. The maximum atomic E-state index is 13.0. The minimum Gasteiger partial charge on any atom is -0.493 e. The Hall–Kier alpha value is -3.00. The first-order valence-electron chi connectivity index (χ1n) is 7.95. The van der Waals surface area contributed by atoms with Gasteiger partial charge in [-0.25, -0.2) is 9.37 Å². The average Bonchev–Trinajstić information content (AvgIpc) is 3.16. The highest BCUT2D eigenvalue weighted by molar-refractivity contribution is 7.99. The van der Waals surface area contributed by atoms with Gasteiger partial charge in [0.1, 0.15) is 5.82 Å². The Morgan fingerprint density at radius 3 is 2.59 bits per heavy atom. The van der Waals surface area contributed by atoms with Gasteiger partial charge in [-0.15, -0.1) is 0 Å². The summed E-state index contributed by atoms with van der Waals surface area (Å²) in [5.74, 6) is 1.21. The summed E-state index contributed by atoms with van der Waals surface area (Å²) in [5.41, 5.74) is 1.31. The molecule has 140 valence electrons. The Labute approximate surface area is 159 Å². The highest BCUT2D eigenvalue weighted by atomic mass is 32.2. The summed E-state index contributed by atoms with van der Waals surface area (Å²) in [6, 6.07) is 11.0. The number of methoxy groups -OCH3 is 2. The number of halogens is 1. The van der Waals surface area contributed by atoms with Crippen molar-refractivity contribution in [3.05, 3.63) is 54.5 Å². The van der Waals surface area contributed by atoms with Crippen LogP contribution in [0.2, 0.25) is 0 Å². The largest absolute Gasteiger partial charge is 0.493 e. The van der Waals surface area contributed by atoms with Crippen LogP contribution in [0.1, 0.15) is 0 Å². The van der Waals surface area contributed by atoms with Crippen molar-refractivity contribution in [3.8, 4) is 22.8 Å². The van der Waals surface area contributed by atoms with Gasteiger partial charge >= 0.3 is 0 Å². The van der Waals surface area contributed by atoms with E-state index in [2.05, 4.69) is 10.3 Å². The van der Waals surface area contributed by atoms with E-state index in [0.717, 1.165) is 11.8 Å². The number of oxazole rings is 1. The maximum absolute atomic E-state index is 13.0. The molecule has 1 N–H and O–H groups in total. The zero-order chi connectivity index (χ0) is 19.2. The summed E-state index contributed by atoms with van der Waals surface area (Å²) < 4.78 is 28.9. The van der Waals surface area contributed by atoms with Crippen LogP contribution in [0.25, 0.3) is 11.3 Å². The number of benzene rings is 2. The predicted octanol–water partition coefficient (Wildman–Crippen LogP) is 4.23. The summed E-state index contributed by atoms with van der Waals surface area (Å²) >= 11 is 1.16. The molecule has 0 fully saturated rings. The summed E-state index contributed by atoms with van der Waals surface area (Å²) in [4.78, 5) is 16.3. The third-order valence-electron chi connectivity index (χ3n) is 3.61. The Morgan fingerprint density at radius 2 is 1.89 bits per heavy atom. The second kappa shape index (κ2) is 8.59. The van der Waals surface area contributed by atoms with Gasteiger partial charge in [0.2, 0.25) is 5.91 Å². The molecule has 2 aromatic carbocycles. The molecule has 0 bridgehead atoms. The summed E-state index contributed by atoms with van der Waals surface area (Å²) in [6.07, 6.45) is 1.54. The molecule has 0 aliphatic carbocycles. The Bertz CT molecular complexity index is 928. The summed E-state index contributed by atoms with van der Waals surface area (Å²) in [7, 11) is 3.07. The quantitative estimate of drug-likeness (QED) is 0.611. The third-order valence-corrected chi connectivity index (χ3v) is 4.45. The van der Waals surface area contributed by atoms with E-state index in [-0.39, 0.29) is 17.5 Å². The smallest absolute Gasteiger partial charge is 0.256 e. The molecule has 3 aromatic rings. The SMILES string of the molecule is COc1ccc(NC(=O)CSc2ncc(-c3ccc(F)cc3)o2)cc1OC. The van der Waals surface area contributed by atoms with Gasteiger partial charge in [-0.05, 0) is 36.4 Å². The second-order valence-electron chi connectivity index (χ2n) is 5.40. The van der Waals surface area contributed by atoms with E-state index in [0.29, 0.717) is 33.7 Å². The normalized spacial score (nSPS) is 10.5. The molecule has 0 aliphatic heterocycles. The molecule has 1 amide bonds. The zero-order valence-corrected chi connectivity index (χ0v) is 15.5. The third kappa shape index (κ3) is 4.79. The van der Waals surface area contributed by atoms with Gasteiger partial charge in [-0.3, -0.25) is 4.79 Å². The molecule has 0 saturated carbocycles. The van der Waals surface area contributed by atoms with Gasteiger partial charge in [0.25, 0.3) is 5.22 Å². The molecule has 0 saturated heterocycles. The van der Waals surface area contributed by atoms with Gasteiger partial charge in [0.15, 0.2) is 17.3 Å². The van der Waals surface area contributed by atoms with E-state index < -0.39 is 0 Å². The van der Waals surface area contributed by atoms with Gasteiger partial charge < -0.3 is 19.2 Å². The van der Waals surface area contributed by atoms with Gasteiger partial charge in [-0.2, -0.15) is 0 Å². The molecule has 0 aliphatic rings. The topological polar surface area (TPSA) is 73.6 Å². The highest BCUT2D eigenvalue weighted by Crippen LogP contribution is 2.30. The lowest BCUT2D eigenvalue weighted by molar-refractivity contribution is -0.113. The lowest BCUT2D eigenvalue weighted by Gasteiger charge is -2.10. The van der Waals surface area contributed by atoms with Crippen LogP contribution in [-0.2, 0) is 4.79 Å². The van der Waals surface area contributed by atoms with Crippen molar-refractivity contribution in [2.45, 2.75) is 5.22 Å². The van der Waals surface area contributed by atoms with Crippen LogP contribution in [0.15, 0.2) is 58.3 Å². The lowest BCUT2D eigenvalue weighted by atomic mass is 10.2. The van der Waals surface area contributed by atoms with Crippen molar-refractivity contribution in [2.24, 2.45) is 0 Å². The molecule has 6 nitrogen and oxygen atoms in total. The average molecular weight is 388 g/mol. The summed E-state index contributed by atoms with van der Waals surface area (Å²) in [6.45, 7) is 0. The molecule has 3 rings (SSSR count). The fourth-order valence-corrected chi connectivity index (χ4v) is 2.91. The van der Waals surface area contributed by atoms with Crippen molar-refractivity contribution in [1.82, 2.24) is 4.98 Å². The molecule has 0 atom stereocenters. The molecule has 8 heteroatoms. The monoisotopic (exact) mass is 388 g/mol. The van der Waals surface area contributed by atoms with E-state index >= 15 is 0 Å². The first-order valence-corrected chi connectivity index (χ1v) is 8.94. The standard InChI is InChI=1S/C19H17FN2O4S/c1-24-15-8-7-14(9-16(15)25-2)22-18(23)11-27-19-21-10-17(26-19)12-3-5-13(20)6-4-12/h3-10H,11H2,1-2H3,(H,22,23). The van der Waals surface area contributed by atoms with Gasteiger partial charge in [0.05, 0.1) is 26.2 Å². The van der Waals surface area contributed by atoms with Crippen molar-refractivity contribution in [1.29, 1.82) is 0 Å². The van der Waals surface area contributed by atoms with Crippen LogP contribution in [0.5, 0.6) is 11.5 Å². The fourth-order valence-electron chi connectivity index (χ4n) is 2.31. The van der Waals surface area contributed by atoms with Crippen LogP contribution in [0.4, 0.5) is 10.1 Å². The number of nitrogens with zero attached hydrogens (tertiary/aromatic N) is 1. The number of amides is 1. The number of thioether (sulfide) groups is 1.